The molecule has 19 heavy (non-hydrogen) atoms. The van der Waals surface area contributed by atoms with E-state index in [4.69, 9.17) is 10.5 Å². The summed E-state index contributed by atoms with van der Waals surface area (Å²) in [5, 5.41) is 0.0198. The highest BCUT2D eigenvalue weighted by atomic mass is 32.2. The van der Waals surface area contributed by atoms with Crippen LogP contribution in [0.2, 0.25) is 0 Å². The number of sulfonamides is 1. The molecular formula is C11H20N4O3S. The summed E-state index contributed by atoms with van der Waals surface area (Å²) in [4.78, 5) is 3.80. The molecule has 0 radical (unpaired) electrons. The highest BCUT2D eigenvalue weighted by molar-refractivity contribution is 7.89. The standard InChI is InChI=1S/C11H20N4O3S/c1-8(9-3-5-18-6-4-9)14-19(16,17)11-10(12)13-7-15(11)2/h7-9,14H,3-6,12H2,1-2H3. The fraction of sp³-hybridized carbons (Fsp3) is 0.727. The number of ether oxygens (including phenoxy) is 1. The smallest absolute Gasteiger partial charge is 0.260 e. The second kappa shape index (κ2) is 5.48. The van der Waals surface area contributed by atoms with Crippen LogP contribution >= 0.6 is 0 Å². The monoisotopic (exact) mass is 288 g/mol. The molecule has 1 fully saturated rings. The van der Waals surface area contributed by atoms with Gasteiger partial charge in [0.25, 0.3) is 10.0 Å². The fourth-order valence-electron chi connectivity index (χ4n) is 2.38. The van der Waals surface area contributed by atoms with Crippen LogP contribution in [-0.2, 0) is 21.8 Å². The predicted molar refractivity (Wildman–Crippen MR) is 70.9 cm³/mol. The van der Waals surface area contributed by atoms with Gasteiger partial charge in [-0.25, -0.2) is 18.1 Å². The van der Waals surface area contributed by atoms with E-state index in [1.54, 1.807) is 7.05 Å². The van der Waals surface area contributed by atoms with E-state index in [0.717, 1.165) is 12.8 Å². The minimum atomic E-state index is -3.64. The van der Waals surface area contributed by atoms with Gasteiger partial charge in [-0.15, -0.1) is 0 Å². The van der Waals surface area contributed by atoms with Crippen molar-refractivity contribution in [3.63, 3.8) is 0 Å². The molecule has 1 aromatic rings. The molecule has 2 heterocycles. The summed E-state index contributed by atoms with van der Waals surface area (Å²) in [6, 6.07) is -0.150. The molecule has 0 saturated carbocycles. The number of aromatic nitrogens is 2. The zero-order valence-electron chi connectivity index (χ0n) is 11.2. The Bertz CT molecular complexity index is 515. The number of imidazole rings is 1. The van der Waals surface area contributed by atoms with Gasteiger partial charge in [-0.3, -0.25) is 0 Å². The average Bonchev–Trinajstić information content (AvgIpc) is 2.70. The van der Waals surface area contributed by atoms with Crippen molar-refractivity contribution in [2.45, 2.75) is 30.8 Å². The number of anilines is 1. The van der Waals surface area contributed by atoms with Crippen molar-refractivity contribution >= 4 is 15.8 Å². The largest absolute Gasteiger partial charge is 0.381 e. The maximum Gasteiger partial charge on any atom is 0.260 e. The first-order valence-corrected chi connectivity index (χ1v) is 7.77. The number of nitrogen functional groups attached to an aromatic ring is 1. The molecule has 1 aliphatic heterocycles. The molecule has 108 valence electrons. The van der Waals surface area contributed by atoms with E-state index in [0.29, 0.717) is 13.2 Å². The number of nitrogens with zero attached hydrogens (tertiary/aromatic N) is 2. The van der Waals surface area contributed by atoms with Crippen LogP contribution in [0.4, 0.5) is 5.82 Å². The number of nitrogens with two attached hydrogens (primary N) is 1. The second-order valence-corrected chi connectivity index (χ2v) is 6.53. The predicted octanol–water partition coefficient (Wildman–Crippen LogP) is 0.0957. The van der Waals surface area contributed by atoms with Gasteiger partial charge >= 0.3 is 0 Å². The Hall–Kier alpha value is -1.12. The first kappa shape index (κ1) is 14.3. The van der Waals surface area contributed by atoms with Crippen molar-refractivity contribution < 1.29 is 13.2 Å². The van der Waals surface area contributed by atoms with Crippen molar-refractivity contribution in [1.82, 2.24) is 14.3 Å². The van der Waals surface area contributed by atoms with Crippen LogP contribution in [-0.4, -0.2) is 37.2 Å². The van der Waals surface area contributed by atoms with Gasteiger partial charge in [-0.2, -0.15) is 0 Å². The molecular weight excluding hydrogens is 268 g/mol. The third-order valence-corrected chi connectivity index (χ3v) is 5.17. The van der Waals surface area contributed by atoms with Crippen molar-refractivity contribution in [3.8, 4) is 0 Å². The highest BCUT2D eigenvalue weighted by Crippen LogP contribution is 2.21. The lowest BCUT2D eigenvalue weighted by Gasteiger charge is -2.28. The Balaban J connectivity index is 2.13. The lowest BCUT2D eigenvalue weighted by molar-refractivity contribution is 0.0585. The Morgan fingerprint density at radius 2 is 2.16 bits per heavy atom. The molecule has 0 aliphatic carbocycles. The Kier molecular flexibility index (Phi) is 4.12. The van der Waals surface area contributed by atoms with Crippen LogP contribution in [0.1, 0.15) is 19.8 Å². The van der Waals surface area contributed by atoms with Gasteiger partial charge < -0.3 is 15.0 Å². The van der Waals surface area contributed by atoms with E-state index in [2.05, 4.69) is 9.71 Å². The molecule has 1 saturated heterocycles. The van der Waals surface area contributed by atoms with Crippen LogP contribution in [0.15, 0.2) is 11.4 Å². The van der Waals surface area contributed by atoms with E-state index in [1.807, 2.05) is 6.92 Å². The molecule has 0 bridgehead atoms. The van der Waals surface area contributed by atoms with E-state index in [1.165, 1.54) is 10.9 Å². The first-order chi connectivity index (χ1) is 8.92. The van der Waals surface area contributed by atoms with Gasteiger partial charge in [0, 0.05) is 26.3 Å². The molecule has 1 aromatic heterocycles. The van der Waals surface area contributed by atoms with Gasteiger partial charge in [0.1, 0.15) is 0 Å². The van der Waals surface area contributed by atoms with Gasteiger partial charge in [0.15, 0.2) is 10.8 Å². The summed E-state index contributed by atoms with van der Waals surface area (Å²) in [5.74, 6) is 0.312. The number of hydrogen-bond donors (Lipinski definition) is 2. The molecule has 1 atom stereocenters. The van der Waals surface area contributed by atoms with Crippen molar-refractivity contribution in [2.75, 3.05) is 18.9 Å². The maximum atomic E-state index is 12.3. The van der Waals surface area contributed by atoms with E-state index in [-0.39, 0.29) is 22.8 Å². The molecule has 7 nitrogen and oxygen atoms in total. The van der Waals surface area contributed by atoms with Gasteiger partial charge in [-0.05, 0) is 25.7 Å². The number of aryl methyl sites for hydroxylation is 1. The van der Waals surface area contributed by atoms with E-state index in [9.17, 15) is 8.42 Å². The zero-order valence-corrected chi connectivity index (χ0v) is 12.0. The lowest BCUT2D eigenvalue weighted by Crippen LogP contribution is -2.40. The van der Waals surface area contributed by atoms with Crippen molar-refractivity contribution in [3.05, 3.63) is 6.33 Å². The van der Waals surface area contributed by atoms with Crippen LogP contribution in [0.25, 0.3) is 0 Å². The van der Waals surface area contributed by atoms with Crippen LogP contribution in [0.5, 0.6) is 0 Å². The zero-order chi connectivity index (χ0) is 14.0. The first-order valence-electron chi connectivity index (χ1n) is 6.28. The molecule has 1 aliphatic rings. The quantitative estimate of drug-likeness (QED) is 0.818. The summed E-state index contributed by atoms with van der Waals surface area (Å²) >= 11 is 0. The molecule has 8 heteroatoms. The minimum absolute atomic E-state index is 0.0198. The summed E-state index contributed by atoms with van der Waals surface area (Å²) < 4.78 is 34.0. The van der Waals surface area contributed by atoms with Crippen molar-refractivity contribution in [2.24, 2.45) is 13.0 Å². The van der Waals surface area contributed by atoms with Crippen LogP contribution in [0.3, 0.4) is 0 Å². The number of rotatable bonds is 4. The number of hydrogen-bond acceptors (Lipinski definition) is 5. The summed E-state index contributed by atoms with van der Waals surface area (Å²) in [6.45, 7) is 3.25. The molecule has 3 N–H and O–H groups in total. The molecule has 1 unspecified atom stereocenters. The minimum Gasteiger partial charge on any atom is -0.381 e. The lowest BCUT2D eigenvalue weighted by atomic mass is 9.94. The molecule has 0 aromatic carbocycles. The molecule has 2 rings (SSSR count). The Morgan fingerprint density at radius 1 is 1.53 bits per heavy atom. The second-order valence-electron chi connectivity index (χ2n) is 4.91. The normalized spacial score (nSPS) is 19.5. The van der Waals surface area contributed by atoms with Crippen molar-refractivity contribution in [1.29, 1.82) is 0 Å². The van der Waals surface area contributed by atoms with E-state index >= 15 is 0 Å². The van der Waals surface area contributed by atoms with Crippen LogP contribution in [0, 0.1) is 5.92 Å². The Labute approximate surface area is 113 Å². The number of nitrogens with one attached hydrogen (secondary N) is 1. The topological polar surface area (TPSA) is 99.2 Å². The highest BCUT2D eigenvalue weighted by Gasteiger charge is 2.28. The maximum absolute atomic E-state index is 12.3. The van der Waals surface area contributed by atoms with Gasteiger partial charge in [-0.1, -0.05) is 0 Å². The third kappa shape index (κ3) is 3.07. The average molecular weight is 288 g/mol. The summed E-state index contributed by atoms with van der Waals surface area (Å²) in [5.41, 5.74) is 5.61. The third-order valence-electron chi connectivity index (χ3n) is 3.48. The SMILES string of the molecule is CC(NS(=O)(=O)c1c(N)ncn1C)C1CCOCC1. The molecule has 0 spiro atoms. The van der Waals surface area contributed by atoms with Crippen LogP contribution < -0.4 is 10.5 Å². The molecule has 0 amide bonds. The fourth-order valence-corrected chi connectivity index (χ4v) is 3.92. The Morgan fingerprint density at radius 3 is 2.68 bits per heavy atom. The van der Waals surface area contributed by atoms with Gasteiger partial charge in [0.2, 0.25) is 0 Å². The summed E-state index contributed by atoms with van der Waals surface area (Å²) in [6.07, 6.45) is 3.12. The summed E-state index contributed by atoms with van der Waals surface area (Å²) in [7, 11) is -2.03. The van der Waals surface area contributed by atoms with Gasteiger partial charge in [0.05, 0.1) is 6.33 Å². The van der Waals surface area contributed by atoms with E-state index < -0.39 is 10.0 Å².